The largest absolute Gasteiger partial charge is 0.383 e. The molecule has 0 bridgehead atoms. The van der Waals surface area contributed by atoms with Crippen molar-refractivity contribution in [1.82, 2.24) is 29.4 Å². The number of hydrogen-bond acceptors (Lipinski definition) is 5. The van der Waals surface area contributed by atoms with Crippen LogP contribution in [0.25, 0.3) is 33.3 Å². The van der Waals surface area contributed by atoms with Crippen molar-refractivity contribution in [3.05, 3.63) is 35.4 Å². The fourth-order valence-electron chi connectivity index (χ4n) is 4.41. The van der Waals surface area contributed by atoms with Gasteiger partial charge in [0.1, 0.15) is 23.4 Å². The zero-order chi connectivity index (χ0) is 20.5. The van der Waals surface area contributed by atoms with Crippen LogP contribution in [-0.4, -0.2) is 41.9 Å². The third kappa shape index (κ3) is 2.45. The van der Waals surface area contributed by atoms with Crippen LogP contribution in [0.4, 0.5) is 5.82 Å². The SMILES string of the molecule is CC(=O)N1Cc2c(-c3[nH]c4ncccc4c3Cl)c3c(N)ncnc3n2C(C)(C)C1. The van der Waals surface area contributed by atoms with Crippen molar-refractivity contribution in [1.29, 1.82) is 0 Å². The second-order valence-corrected chi connectivity index (χ2v) is 8.39. The smallest absolute Gasteiger partial charge is 0.219 e. The van der Waals surface area contributed by atoms with Gasteiger partial charge in [-0.15, -0.1) is 0 Å². The molecule has 0 atom stereocenters. The molecule has 1 aliphatic rings. The molecule has 148 valence electrons. The number of H-pyrrole nitrogens is 1. The van der Waals surface area contributed by atoms with Crippen LogP contribution < -0.4 is 5.73 Å². The Balaban J connectivity index is 1.92. The van der Waals surface area contributed by atoms with Crippen molar-refractivity contribution in [2.75, 3.05) is 12.3 Å². The first-order valence-corrected chi connectivity index (χ1v) is 9.69. The van der Waals surface area contributed by atoms with Crippen LogP contribution in [0.1, 0.15) is 26.5 Å². The Morgan fingerprint density at radius 2 is 2.10 bits per heavy atom. The third-order valence-electron chi connectivity index (χ3n) is 5.60. The van der Waals surface area contributed by atoms with E-state index in [4.69, 9.17) is 17.3 Å². The average molecular weight is 410 g/mol. The summed E-state index contributed by atoms with van der Waals surface area (Å²) in [6, 6.07) is 3.76. The Hall–Kier alpha value is -3.13. The molecule has 9 heteroatoms. The van der Waals surface area contributed by atoms with Gasteiger partial charge in [-0.05, 0) is 26.0 Å². The lowest BCUT2D eigenvalue weighted by Gasteiger charge is -2.40. The van der Waals surface area contributed by atoms with Crippen molar-refractivity contribution in [2.24, 2.45) is 0 Å². The van der Waals surface area contributed by atoms with E-state index in [0.29, 0.717) is 35.3 Å². The molecular weight excluding hydrogens is 390 g/mol. The van der Waals surface area contributed by atoms with E-state index in [1.165, 1.54) is 6.33 Å². The minimum absolute atomic E-state index is 0.0176. The summed E-state index contributed by atoms with van der Waals surface area (Å²) < 4.78 is 2.16. The van der Waals surface area contributed by atoms with Crippen LogP contribution in [0, 0.1) is 0 Å². The predicted molar refractivity (Wildman–Crippen MR) is 112 cm³/mol. The summed E-state index contributed by atoms with van der Waals surface area (Å²) in [5, 5.41) is 2.12. The first-order valence-electron chi connectivity index (χ1n) is 9.32. The molecule has 0 aromatic carbocycles. The molecule has 0 unspecified atom stereocenters. The van der Waals surface area contributed by atoms with Gasteiger partial charge in [-0.2, -0.15) is 0 Å². The average Bonchev–Trinajstić information content (AvgIpc) is 3.18. The van der Waals surface area contributed by atoms with E-state index in [1.807, 2.05) is 17.0 Å². The normalized spacial score (nSPS) is 15.8. The van der Waals surface area contributed by atoms with E-state index in [9.17, 15) is 4.79 Å². The summed E-state index contributed by atoms with van der Waals surface area (Å²) >= 11 is 6.77. The molecule has 0 saturated carbocycles. The Morgan fingerprint density at radius 3 is 2.83 bits per heavy atom. The van der Waals surface area contributed by atoms with E-state index in [1.54, 1.807) is 13.1 Å². The Kier molecular flexibility index (Phi) is 3.67. The highest BCUT2D eigenvalue weighted by Gasteiger charge is 2.38. The highest BCUT2D eigenvalue weighted by molar-refractivity contribution is 6.38. The molecular formula is C20H20ClN7O. The molecule has 0 radical (unpaired) electrons. The van der Waals surface area contributed by atoms with Gasteiger partial charge in [0, 0.05) is 36.3 Å². The Labute approximate surface area is 171 Å². The van der Waals surface area contributed by atoms with Crippen molar-refractivity contribution in [3.8, 4) is 11.3 Å². The number of nitrogens with one attached hydrogen (secondary N) is 1. The minimum atomic E-state index is -0.382. The first kappa shape index (κ1) is 17.9. The van der Waals surface area contributed by atoms with Crippen LogP contribution in [0.15, 0.2) is 24.7 Å². The fourth-order valence-corrected chi connectivity index (χ4v) is 4.71. The second kappa shape index (κ2) is 5.93. The van der Waals surface area contributed by atoms with Gasteiger partial charge in [0.2, 0.25) is 5.91 Å². The van der Waals surface area contributed by atoms with Crippen molar-refractivity contribution < 1.29 is 4.79 Å². The number of hydrogen-bond donors (Lipinski definition) is 2. The number of fused-ring (bicyclic) bond motifs is 4. The van der Waals surface area contributed by atoms with E-state index in [0.717, 1.165) is 27.7 Å². The van der Waals surface area contributed by atoms with Crippen LogP contribution >= 0.6 is 11.6 Å². The summed E-state index contributed by atoms with van der Waals surface area (Å²) in [5.74, 6) is 0.392. The van der Waals surface area contributed by atoms with Gasteiger partial charge in [0.05, 0.1) is 28.2 Å². The van der Waals surface area contributed by atoms with E-state index < -0.39 is 0 Å². The number of carbonyl (C=O) groups is 1. The lowest BCUT2D eigenvalue weighted by atomic mass is 9.99. The molecule has 4 aromatic heterocycles. The molecule has 0 spiro atoms. The molecule has 8 nitrogen and oxygen atoms in total. The molecule has 0 aliphatic carbocycles. The van der Waals surface area contributed by atoms with Crippen LogP contribution in [0.5, 0.6) is 0 Å². The molecule has 5 heterocycles. The standard InChI is InChI=1S/C20H20ClN7O/c1-10(29)27-7-12-13(16-15(21)11-5-4-6-23-18(11)26-16)14-17(22)24-9-25-19(14)28(12)20(2,3)8-27/h4-6,9H,7-8H2,1-3H3,(H,23,26)(H2,22,24,25). The fraction of sp³-hybridized carbons (Fsp3) is 0.300. The highest BCUT2D eigenvalue weighted by Crippen LogP contribution is 2.45. The molecule has 3 N–H and O–H groups in total. The van der Waals surface area contributed by atoms with Crippen LogP contribution in [-0.2, 0) is 16.9 Å². The number of halogens is 1. The maximum absolute atomic E-state index is 12.3. The summed E-state index contributed by atoms with van der Waals surface area (Å²) in [4.78, 5) is 30.6. The van der Waals surface area contributed by atoms with Gasteiger partial charge in [-0.25, -0.2) is 15.0 Å². The zero-order valence-electron chi connectivity index (χ0n) is 16.3. The monoisotopic (exact) mass is 409 g/mol. The number of aromatic nitrogens is 5. The molecule has 0 fully saturated rings. The number of carbonyl (C=O) groups excluding carboxylic acids is 1. The van der Waals surface area contributed by atoms with E-state index in [2.05, 4.69) is 38.4 Å². The van der Waals surface area contributed by atoms with E-state index in [-0.39, 0.29) is 11.4 Å². The number of pyridine rings is 1. The lowest BCUT2D eigenvalue weighted by molar-refractivity contribution is -0.131. The number of anilines is 1. The van der Waals surface area contributed by atoms with Gasteiger partial charge in [0.15, 0.2) is 0 Å². The number of nitrogens with two attached hydrogens (primary N) is 1. The lowest BCUT2D eigenvalue weighted by Crippen LogP contribution is -2.48. The Bertz CT molecular complexity index is 1300. The molecule has 29 heavy (non-hydrogen) atoms. The van der Waals surface area contributed by atoms with Gasteiger partial charge >= 0.3 is 0 Å². The summed E-state index contributed by atoms with van der Waals surface area (Å²) in [6.45, 7) is 6.76. The van der Waals surface area contributed by atoms with Gasteiger partial charge in [-0.3, -0.25) is 4.79 Å². The molecule has 1 amide bonds. The van der Waals surface area contributed by atoms with Crippen molar-refractivity contribution in [3.63, 3.8) is 0 Å². The van der Waals surface area contributed by atoms with Crippen molar-refractivity contribution >= 4 is 45.4 Å². The number of nitrogen functional groups attached to an aromatic ring is 1. The molecule has 1 aliphatic heterocycles. The summed E-state index contributed by atoms with van der Waals surface area (Å²) in [5.41, 5.74) is 9.81. The minimum Gasteiger partial charge on any atom is -0.383 e. The number of aromatic amines is 1. The van der Waals surface area contributed by atoms with Gasteiger partial charge in [-0.1, -0.05) is 11.6 Å². The number of rotatable bonds is 1. The highest BCUT2D eigenvalue weighted by atomic mass is 35.5. The molecule has 0 saturated heterocycles. The zero-order valence-corrected chi connectivity index (χ0v) is 17.1. The first-order chi connectivity index (χ1) is 13.8. The third-order valence-corrected chi connectivity index (χ3v) is 6.00. The van der Waals surface area contributed by atoms with Crippen molar-refractivity contribution in [2.45, 2.75) is 32.9 Å². The van der Waals surface area contributed by atoms with Crippen LogP contribution in [0.2, 0.25) is 5.02 Å². The van der Waals surface area contributed by atoms with Gasteiger partial charge in [0.25, 0.3) is 0 Å². The quantitative estimate of drug-likeness (QED) is 0.501. The maximum Gasteiger partial charge on any atom is 0.219 e. The number of nitrogens with zero attached hydrogens (tertiary/aromatic N) is 5. The summed E-state index contributed by atoms with van der Waals surface area (Å²) in [7, 11) is 0. The molecule has 4 aromatic rings. The number of amides is 1. The van der Waals surface area contributed by atoms with E-state index >= 15 is 0 Å². The second-order valence-electron chi connectivity index (χ2n) is 8.02. The predicted octanol–water partition coefficient (Wildman–Crippen LogP) is 3.31. The summed E-state index contributed by atoms with van der Waals surface area (Å²) in [6.07, 6.45) is 3.18. The topological polar surface area (TPSA) is 106 Å². The molecule has 5 rings (SSSR count). The van der Waals surface area contributed by atoms with Gasteiger partial charge < -0.3 is 20.2 Å². The van der Waals surface area contributed by atoms with Crippen LogP contribution in [0.3, 0.4) is 0 Å². The maximum atomic E-state index is 12.3. The Morgan fingerprint density at radius 1 is 1.31 bits per heavy atom.